The Morgan fingerprint density at radius 2 is 2.43 bits per heavy atom. The summed E-state index contributed by atoms with van der Waals surface area (Å²) in [7, 11) is 0. The topological polar surface area (TPSA) is 29.1 Å². The zero-order valence-corrected chi connectivity index (χ0v) is 4.66. The molecular weight excluding hydrogens is 114 g/mol. The normalized spacial score (nSPS) is 8.14. The monoisotopic (exact) mass is 120 g/mol. The van der Waals surface area contributed by atoms with Crippen molar-refractivity contribution in [2.45, 2.75) is 6.42 Å². The Balaban J connectivity index is 2.56. The van der Waals surface area contributed by atoms with Crippen molar-refractivity contribution >= 4 is 18.0 Å². The van der Waals surface area contributed by atoms with Crippen molar-refractivity contribution in [2.75, 3.05) is 12.4 Å². The first-order valence-electron chi connectivity index (χ1n) is 2.07. The van der Waals surface area contributed by atoms with Crippen molar-refractivity contribution in [1.82, 2.24) is 5.32 Å². The Morgan fingerprint density at radius 1 is 1.71 bits per heavy atom. The molecule has 0 rings (SSSR count). The van der Waals surface area contributed by atoms with Crippen LogP contribution in [0, 0.1) is 0 Å². The first-order chi connectivity index (χ1) is 3.41. The van der Waals surface area contributed by atoms with Crippen LogP contribution in [0.1, 0.15) is 6.42 Å². The van der Waals surface area contributed by atoms with Gasteiger partial charge in [0, 0.05) is 12.4 Å². The Morgan fingerprint density at radius 3 is 2.86 bits per heavy atom. The number of hydrogen-bond donors (Lipinski definition) is 1. The van der Waals surface area contributed by atoms with Gasteiger partial charge in [-0.15, -0.1) is 11.6 Å². The van der Waals surface area contributed by atoms with Crippen molar-refractivity contribution in [3.8, 4) is 0 Å². The summed E-state index contributed by atoms with van der Waals surface area (Å²) < 4.78 is 0. The molecule has 0 aliphatic carbocycles. The van der Waals surface area contributed by atoms with E-state index >= 15 is 0 Å². The lowest BCUT2D eigenvalue weighted by molar-refractivity contribution is 0.542. The second-order valence-electron chi connectivity index (χ2n) is 1.07. The molecule has 2 nitrogen and oxygen atoms in total. The summed E-state index contributed by atoms with van der Waals surface area (Å²) in [4.78, 5) is 9.40. The molecule has 0 aromatic heterocycles. The maximum atomic E-state index is 9.40. The molecule has 0 aliphatic heterocycles. The minimum Gasteiger partial charge on any atom is -0.348 e. The van der Waals surface area contributed by atoms with E-state index in [0.29, 0.717) is 12.4 Å². The van der Waals surface area contributed by atoms with E-state index in [1.54, 1.807) is 6.41 Å². The molecule has 1 amide bonds. The summed E-state index contributed by atoms with van der Waals surface area (Å²) in [5.41, 5.74) is 0. The SMILES string of the molecule is O=[C]NCCCCl. The summed E-state index contributed by atoms with van der Waals surface area (Å²) in [5.74, 6) is 0.592. The van der Waals surface area contributed by atoms with E-state index in [2.05, 4.69) is 5.32 Å². The number of carbonyl (C=O) groups excluding carboxylic acids is 1. The van der Waals surface area contributed by atoms with Crippen LogP contribution >= 0.6 is 11.6 Å². The number of halogens is 1. The van der Waals surface area contributed by atoms with Crippen LogP contribution in [0.2, 0.25) is 0 Å². The number of hydrogen-bond acceptors (Lipinski definition) is 1. The third-order valence-corrected chi connectivity index (χ3v) is 0.775. The lowest BCUT2D eigenvalue weighted by Gasteiger charge is -1.88. The van der Waals surface area contributed by atoms with Gasteiger partial charge < -0.3 is 5.32 Å². The van der Waals surface area contributed by atoms with Gasteiger partial charge in [-0.3, -0.25) is 4.79 Å². The van der Waals surface area contributed by atoms with Gasteiger partial charge in [-0.1, -0.05) is 0 Å². The summed E-state index contributed by atoms with van der Waals surface area (Å²) in [6.07, 6.45) is 2.36. The van der Waals surface area contributed by atoms with Crippen LogP contribution in [-0.2, 0) is 4.79 Å². The van der Waals surface area contributed by atoms with E-state index < -0.39 is 0 Å². The molecule has 0 atom stereocenters. The minimum absolute atomic E-state index is 0.592. The molecule has 0 spiro atoms. The highest BCUT2D eigenvalue weighted by Gasteiger charge is 1.79. The fourth-order valence-electron chi connectivity index (χ4n) is 0.206. The predicted molar refractivity (Wildman–Crippen MR) is 29.0 cm³/mol. The molecule has 0 fully saturated rings. The molecule has 0 bridgehead atoms. The van der Waals surface area contributed by atoms with Gasteiger partial charge in [0.2, 0.25) is 0 Å². The zero-order valence-electron chi connectivity index (χ0n) is 3.91. The first-order valence-corrected chi connectivity index (χ1v) is 2.61. The fourth-order valence-corrected chi connectivity index (χ4v) is 0.340. The van der Waals surface area contributed by atoms with Gasteiger partial charge in [0.1, 0.15) is 0 Å². The maximum Gasteiger partial charge on any atom is 0.309 e. The number of amides is 1. The molecule has 0 saturated heterocycles. The largest absolute Gasteiger partial charge is 0.348 e. The van der Waals surface area contributed by atoms with Crippen LogP contribution in [0.5, 0.6) is 0 Å². The first kappa shape index (κ1) is 6.76. The van der Waals surface area contributed by atoms with E-state index in [0.717, 1.165) is 6.42 Å². The van der Waals surface area contributed by atoms with Crippen molar-refractivity contribution in [2.24, 2.45) is 0 Å². The van der Waals surface area contributed by atoms with Gasteiger partial charge in [-0.25, -0.2) is 0 Å². The molecule has 1 radical (unpaired) electrons. The number of rotatable bonds is 4. The van der Waals surface area contributed by atoms with E-state index in [1.165, 1.54) is 0 Å². The van der Waals surface area contributed by atoms with Crippen molar-refractivity contribution in [1.29, 1.82) is 0 Å². The summed E-state index contributed by atoms with van der Waals surface area (Å²) in [5, 5.41) is 2.36. The lowest BCUT2D eigenvalue weighted by Crippen LogP contribution is -2.11. The van der Waals surface area contributed by atoms with Gasteiger partial charge in [-0.2, -0.15) is 0 Å². The molecule has 0 aliphatic rings. The van der Waals surface area contributed by atoms with Crippen LogP contribution in [0.3, 0.4) is 0 Å². The van der Waals surface area contributed by atoms with Gasteiger partial charge in [0.25, 0.3) is 0 Å². The summed E-state index contributed by atoms with van der Waals surface area (Å²) in [6.45, 7) is 0.632. The third kappa shape index (κ3) is 5.76. The second kappa shape index (κ2) is 5.76. The van der Waals surface area contributed by atoms with E-state index in [9.17, 15) is 4.79 Å². The summed E-state index contributed by atoms with van der Waals surface area (Å²) in [6, 6.07) is 0. The minimum atomic E-state index is 0.592. The van der Waals surface area contributed by atoms with Gasteiger partial charge in [0.05, 0.1) is 0 Å². The van der Waals surface area contributed by atoms with E-state index in [1.807, 2.05) is 0 Å². The van der Waals surface area contributed by atoms with Crippen LogP contribution < -0.4 is 5.32 Å². The van der Waals surface area contributed by atoms with Crippen LogP contribution in [0.25, 0.3) is 0 Å². The average molecular weight is 121 g/mol. The molecule has 1 N–H and O–H groups in total. The molecule has 0 heterocycles. The molecule has 0 unspecified atom stereocenters. The summed E-state index contributed by atoms with van der Waals surface area (Å²) >= 11 is 5.27. The van der Waals surface area contributed by atoms with Crippen molar-refractivity contribution in [3.05, 3.63) is 0 Å². The zero-order chi connectivity index (χ0) is 5.54. The molecule has 41 valence electrons. The Labute approximate surface area is 47.8 Å². The Kier molecular flexibility index (Phi) is 5.56. The van der Waals surface area contributed by atoms with E-state index in [-0.39, 0.29) is 0 Å². The molecular formula is C4H7ClNO. The standard InChI is InChI=1S/C4H7ClNO/c5-2-1-3-6-4-7/h1-3H2,(H,6,7). The molecule has 3 heteroatoms. The number of alkyl halides is 1. The molecule has 0 aromatic rings. The van der Waals surface area contributed by atoms with Gasteiger partial charge in [0.15, 0.2) is 0 Å². The maximum absolute atomic E-state index is 9.40. The van der Waals surface area contributed by atoms with E-state index in [4.69, 9.17) is 11.6 Å². The lowest BCUT2D eigenvalue weighted by atomic mass is 10.5. The smallest absolute Gasteiger partial charge is 0.309 e. The average Bonchev–Trinajstić information content (AvgIpc) is 1.69. The predicted octanol–water partition coefficient (Wildman–Crippen LogP) is 0.272. The van der Waals surface area contributed by atoms with Crippen LogP contribution in [0.4, 0.5) is 0 Å². The second-order valence-corrected chi connectivity index (χ2v) is 1.45. The van der Waals surface area contributed by atoms with Crippen molar-refractivity contribution < 1.29 is 4.79 Å². The third-order valence-electron chi connectivity index (χ3n) is 0.508. The highest BCUT2D eigenvalue weighted by atomic mass is 35.5. The van der Waals surface area contributed by atoms with Crippen LogP contribution in [-0.4, -0.2) is 18.8 Å². The molecule has 0 aromatic carbocycles. The van der Waals surface area contributed by atoms with Crippen LogP contribution in [0.15, 0.2) is 0 Å². The molecule has 0 saturated carbocycles. The Bertz CT molecular complexity index is 49.0. The number of nitrogens with one attached hydrogen (secondary N) is 1. The van der Waals surface area contributed by atoms with Gasteiger partial charge in [-0.05, 0) is 6.42 Å². The highest BCUT2D eigenvalue weighted by molar-refractivity contribution is 6.17. The van der Waals surface area contributed by atoms with Gasteiger partial charge >= 0.3 is 6.41 Å². The quantitative estimate of drug-likeness (QED) is 0.322. The highest BCUT2D eigenvalue weighted by Crippen LogP contribution is 1.78. The van der Waals surface area contributed by atoms with Crippen molar-refractivity contribution in [3.63, 3.8) is 0 Å². The Hall–Kier alpha value is -0.240. The molecule has 7 heavy (non-hydrogen) atoms. The fraction of sp³-hybridized carbons (Fsp3) is 0.750.